The molecule has 2 aliphatic rings. The molecule has 1 saturated carbocycles. The third kappa shape index (κ3) is 0.789. The Morgan fingerprint density at radius 3 is 2.60 bits per heavy atom. The predicted molar refractivity (Wildman–Crippen MR) is 39.8 cm³/mol. The van der Waals surface area contributed by atoms with Crippen LogP contribution in [0, 0.1) is 0 Å². The molecule has 0 amide bonds. The van der Waals surface area contributed by atoms with Crippen LogP contribution in [0.25, 0.3) is 0 Å². The van der Waals surface area contributed by atoms with Crippen molar-refractivity contribution >= 4 is 0 Å². The average molecular weight is 141 g/mol. The van der Waals surface area contributed by atoms with E-state index in [2.05, 4.69) is 5.32 Å². The zero-order valence-corrected chi connectivity index (χ0v) is 6.27. The molecule has 2 rings (SSSR count). The monoisotopic (exact) mass is 141 g/mol. The molecular formula is C8H15NO. The standard InChI is InChI=1S/C8H15NO/c10-7-3-1-4-8(7)5-2-6-9-8/h7,9-10H,1-6H2/t7-,8-/m1/s1. The van der Waals surface area contributed by atoms with Gasteiger partial charge in [0.2, 0.25) is 0 Å². The molecule has 1 aliphatic carbocycles. The molecule has 2 nitrogen and oxygen atoms in total. The molecule has 2 N–H and O–H groups in total. The maximum atomic E-state index is 9.62. The fourth-order valence-corrected chi connectivity index (χ4v) is 2.38. The summed E-state index contributed by atoms with van der Waals surface area (Å²) in [7, 11) is 0. The topological polar surface area (TPSA) is 32.3 Å². The van der Waals surface area contributed by atoms with Crippen molar-refractivity contribution in [3.63, 3.8) is 0 Å². The van der Waals surface area contributed by atoms with E-state index in [0.717, 1.165) is 13.0 Å². The first kappa shape index (κ1) is 6.62. The van der Waals surface area contributed by atoms with Gasteiger partial charge in [0.1, 0.15) is 0 Å². The van der Waals surface area contributed by atoms with Gasteiger partial charge in [-0.1, -0.05) is 0 Å². The van der Waals surface area contributed by atoms with Crippen molar-refractivity contribution in [3.05, 3.63) is 0 Å². The van der Waals surface area contributed by atoms with Gasteiger partial charge in [0.15, 0.2) is 0 Å². The summed E-state index contributed by atoms with van der Waals surface area (Å²) in [6.45, 7) is 1.11. The van der Waals surface area contributed by atoms with E-state index in [9.17, 15) is 5.11 Å². The number of nitrogens with one attached hydrogen (secondary N) is 1. The van der Waals surface area contributed by atoms with Crippen LogP contribution in [0.3, 0.4) is 0 Å². The molecule has 0 aromatic rings. The summed E-state index contributed by atoms with van der Waals surface area (Å²) >= 11 is 0. The number of aliphatic hydroxyl groups excluding tert-OH is 1. The molecule has 58 valence electrons. The SMILES string of the molecule is O[C@@H]1CCC[C@@]12CCCN2. The molecule has 0 unspecified atom stereocenters. The fraction of sp³-hybridized carbons (Fsp3) is 1.00. The molecule has 1 spiro atoms. The molecule has 10 heavy (non-hydrogen) atoms. The summed E-state index contributed by atoms with van der Waals surface area (Å²) in [6, 6.07) is 0. The first-order valence-electron chi connectivity index (χ1n) is 4.27. The van der Waals surface area contributed by atoms with Crippen LogP contribution in [0.4, 0.5) is 0 Å². The highest BCUT2D eigenvalue weighted by atomic mass is 16.3. The Kier molecular flexibility index (Phi) is 1.46. The van der Waals surface area contributed by atoms with E-state index in [-0.39, 0.29) is 11.6 Å². The Balaban J connectivity index is 2.11. The zero-order chi connectivity index (χ0) is 7.03. The highest BCUT2D eigenvalue weighted by Gasteiger charge is 2.43. The average Bonchev–Trinajstić information content (AvgIpc) is 2.48. The van der Waals surface area contributed by atoms with Crippen LogP contribution in [0.1, 0.15) is 32.1 Å². The van der Waals surface area contributed by atoms with Crippen LogP contribution >= 0.6 is 0 Å². The summed E-state index contributed by atoms with van der Waals surface area (Å²) in [5.74, 6) is 0. The van der Waals surface area contributed by atoms with Gasteiger partial charge in [-0.25, -0.2) is 0 Å². The molecule has 0 aromatic heterocycles. The summed E-state index contributed by atoms with van der Waals surface area (Å²) in [6.07, 6.45) is 5.77. The van der Waals surface area contributed by atoms with E-state index >= 15 is 0 Å². The van der Waals surface area contributed by atoms with E-state index in [1.165, 1.54) is 25.7 Å². The van der Waals surface area contributed by atoms with Gasteiger partial charge in [-0.05, 0) is 38.6 Å². The van der Waals surface area contributed by atoms with Crippen molar-refractivity contribution < 1.29 is 5.11 Å². The molecule has 1 saturated heterocycles. The molecule has 2 atom stereocenters. The molecule has 2 fully saturated rings. The van der Waals surface area contributed by atoms with E-state index < -0.39 is 0 Å². The quantitative estimate of drug-likeness (QED) is 0.519. The van der Waals surface area contributed by atoms with Crippen molar-refractivity contribution in [2.75, 3.05) is 6.54 Å². The lowest BCUT2D eigenvalue weighted by Crippen LogP contribution is -2.46. The maximum absolute atomic E-state index is 9.62. The highest BCUT2D eigenvalue weighted by Crippen LogP contribution is 2.36. The third-order valence-electron chi connectivity index (χ3n) is 3.02. The minimum atomic E-state index is -0.0602. The predicted octanol–water partition coefficient (Wildman–Crippen LogP) is 0.653. The normalized spacial score (nSPS) is 47.1. The molecule has 0 aromatic carbocycles. The van der Waals surface area contributed by atoms with Gasteiger partial charge in [-0.15, -0.1) is 0 Å². The second-order valence-electron chi connectivity index (χ2n) is 3.59. The Morgan fingerprint density at radius 1 is 1.30 bits per heavy atom. The van der Waals surface area contributed by atoms with Gasteiger partial charge in [0.25, 0.3) is 0 Å². The van der Waals surface area contributed by atoms with E-state index in [1.807, 2.05) is 0 Å². The van der Waals surface area contributed by atoms with E-state index in [4.69, 9.17) is 0 Å². The lowest BCUT2D eigenvalue weighted by atomic mass is 9.94. The third-order valence-corrected chi connectivity index (χ3v) is 3.02. The lowest BCUT2D eigenvalue weighted by Gasteiger charge is -2.27. The molecule has 2 heteroatoms. The molecular weight excluding hydrogens is 126 g/mol. The van der Waals surface area contributed by atoms with Crippen LogP contribution in [-0.4, -0.2) is 23.3 Å². The number of rotatable bonds is 0. The Morgan fingerprint density at radius 2 is 2.10 bits per heavy atom. The van der Waals surface area contributed by atoms with Gasteiger partial charge in [-0.3, -0.25) is 0 Å². The molecule has 0 radical (unpaired) electrons. The van der Waals surface area contributed by atoms with Crippen LogP contribution in [0.15, 0.2) is 0 Å². The first-order chi connectivity index (χ1) is 4.83. The van der Waals surface area contributed by atoms with E-state index in [0.29, 0.717) is 0 Å². The van der Waals surface area contributed by atoms with Crippen LogP contribution in [0.2, 0.25) is 0 Å². The molecule has 1 heterocycles. The smallest absolute Gasteiger partial charge is 0.0721 e. The van der Waals surface area contributed by atoms with Crippen LogP contribution < -0.4 is 5.32 Å². The minimum absolute atomic E-state index is 0.0602. The first-order valence-corrected chi connectivity index (χ1v) is 4.27. The summed E-state index contributed by atoms with van der Waals surface area (Å²) < 4.78 is 0. The highest BCUT2D eigenvalue weighted by molar-refractivity contribution is 5.02. The van der Waals surface area contributed by atoms with Gasteiger partial charge < -0.3 is 10.4 Å². The second-order valence-corrected chi connectivity index (χ2v) is 3.59. The lowest BCUT2D eigenvalue weighted by molar-refractivity contribution is 0.0976. The Labute approximate surface area is 61.6 Å². The number of hydrogen-bond donors (Lipinski definition) is 2. The van der Waals surface area contributed by atoms with Crippen molar-refractivity contribution in [2.24, 2.45) is 0 Å². The molecule has 1 aliphatic heterocycles. The minimum Gasteiger partial charge on any atom is -0.391 e. The van der Waals surface area contributed by atoms with E-state index in [1.54, 1.807) is 0 Å². The summed E-state index contributed by atoms with van der Waals surface area (Å²) in [4.78, 5) is 0. The van der Waals surface area contributed by atoms with Gasteiger partial charge >= 0.3 is 0 Å². The number of aliphatic hydroxyl groups is 1. The Bertz CT molecular complexity index is 124. The summed E-state index contributed by atoms with van der Waals surface area (Å²) in [5, 5.41) is 13.0. The number of hydrogen-bond acceptors (Lipinski definition) is 2. The second kappa shape index (κ2) is 2.21. The van der Waals surface area contributed by atoms with Gasteiger partial charge in [0.05, 0.1) is 6.10 Å². The van der Waals surface area contributed by atoms with Gasteiger partial charge in [-0.2, -0.15) is 0 Å². The maximum Gasteiger partial charge on any atom is 0.0721 e. The fourth-order valence-electron chi connectivity index (χ4n) is 2.38. The van der Waals surface area contributed by atoms with Crippen LogP contribution in [-0.2, 0) is 0 Å². The van der Waals surface area contributed by atoms with Gasteiger partial charge in [0, 0.05) is 5.54 Å². The summed E-state index contributed by atoms with van der Waals surface area (Å²) in [5.41, 5.74) is 0.153. The largest absolute Gasteiger partial charge is 0.391 e. The van der Waals surface area contributed by atoms with Crippen molar-refractivity contribution in [1.29, 1.82) is 0 Å². The van der Waals surface area contributed by atoms with Crippen LogP contribution in [0.5, 0.6) is 0 Å². The van der Waals surface area contributed by atoms with Crippen molar-refractivity contribution in [2.45, 2.75) is 43.7 Å². The van der Waals surface area contributed by atoms with Crippen molar-refractivity contribution in [3.8, 4) is 0 Å². The molecule has 0 bridgehead atoms. The Hall–Kier alpha value is -0.0800. The zero-order valence-electron chi connectivity index (χ0n) is 6.27. The van der Waals surface area contributed by atoms with Crippen molar-refractivity contribution in [1.82, 2.24) is 5.32 Å².